The van der Waals surface area contributed by atoms with Crippen molar-refractivity contribution in [2.75, 3.05) is 4.90 Å². The van der Waals surface area contributed by atoms with E-state index in [1.54, 1.807) is 0 Å². The van der Waals surface area contributed by atoms with Crippen LogP contribution >= 0.6 is 0 Å². The molecule has 0 aliphatic carbocycles. The van der Waals surface area contributed by atoms with Crippen LogP contribution in [0.5, 0.6) is 5.75 Å². The molecule has 0 atom stereocenters. The number of para-hydroxylation sites is 2. The van der Waals surface area contributed by atoms with E-state index in [1.165, 1.54) is 0 Å². The Labute approximate surface area is 333 Å². The summed E-state index contributed by atoms with van der Waals surface area (Å²) in [6.45, 7) is 13.0. The Morgan fingerprint density at radius 3 is 2.05 bits per heavy atom. The first kappa shape index (κ1) is 35.9. The van der Waals surface area contributed by atoms with Crippen LogP contribution in [0.3, 0.4) is 0 Å². The normalized spacial score (nSPS) is 12.1. The Morgan fingerprint density at radius 1 is 0.596 bits per heavy atom. The Hall–Kier alpha value is -6.79. The van der Waals surface area contributed by atoms with E-state index >= 15 is 0 Å². The predicted octanol–water partition coefficient (Wildman–Crippen LogP) is 13.7. The number of aromatic hydroxyl groups is 1. The van der Waals surface area contributed by atoms with E-state index in [2.05, 4.69) is 137 Å². The first-order chi connectivity index (χ1) is 27.5. The number of furan rings is 1. The van der Waals surface area contributed by atoms with Gasteiger partial charge in [0.25, 0.3) is 0 Å². The number of rotatable bonds is 6. The molecule has 3 heterocycles. The monoisotopic (exact) mass is 744 g/mol. The Balaban J connectivity index is 1.36. The third-order valence-corrected chi connectivity index (χ3v) is 10.7. The maximum atomic E-state index is 12.2. The van der Waals surface area contributed by atoms with Gasteiger partial charge in [-0.2, -0.15) is 0 Å². The molecule has 0 bridgehead atoms. The van der Waals surface area contributed by atoms with Gasteiger partial charge in [-0.3, -0.25) is 4.90 Å². The molecule has 6 nitrogen and oxygen atoms in total. The minimum absolute atomic E-state index is 0.194. The summed E-state index contributed by atoms with van der Waals surface area (Å²) in [7, 11) is 0. The van der Waals surface area contributed by atoms with Crippen LogP contribution in [0, 0.1) is 0 Å². The highest BCUT2D eigenvalue weighted by Gasteiger charge is 2.29. The molecule has 57 heavy (non-hydrogen) atoms. The fourth-order valence-electron chi connectivity index (χ4n) is 7.73. The Bertz CT molecular complexity index is 2940. The average molecular weight is 745 g/mol. The van der Waals surface area contributed by atoms with E-state index in [-0.39, 0.29) is 16.6 Å². The van der Waals surface area contributed by atoms with Crippen LogP contribution < -0.4 is 4.90 Å². The fraction of sp³-hybridized carbons (Fsp3) is 0.157. The van der Waals surface area contributed by atoms with Crippen molar-refractivity contribution >= 4 is 50.0 Å². The summed E-state index contributed by atoms with van der Waals surface area (Å²) in [6, 6.07) is 49.7. The molecule has 0 aliphatic heterocycles. The number of aromatic nitrogens is 3. The van der Waals surface area contributed by atoms with Crippen molar-refractivity contribution in [1.29, 1.82) is 0 Å². The molecule has 0 aliphatic rings. The van der Waals surface area contributed by atoms with Crippen molar-refractivity contribution in [2.45, 2.75) is 52.4 Å². The Kier molecular flexibility index (Phi) is 8.66. The van der Waals surface area contributed by atoms with Crippen molar-refractivity contribution < 1.29 is 9.52 Å². The molecule has 3 aromatic heterocycles. The number of hydrogen-bond acceptors (Lipinski definition) is 6. The average Bonchev–Trinajstić information content (AvgIpc) is 3.59. The number of phenolic OH excluding ortho intramolecular Hbond substituents is 1. The van der Waals surface area contributed by atoms with E-state index in [0.29, 0.717) is 33.8 Å². The molecule has 1 N–H and O–H groups in total. The first-order valence-corrected chi connectivity index (χ1v) is 19.4. The zero-order chi connectivity index (χ0) is 39.5. The largest absolute Gasteiger partial charge is 0.507 e. The second kappa shape index (κ2) is 13.7. The lowest BCUT2D eigenvalue weighted by molar-refractivity contribution is 0.446. The van der Waals surface area contributed by atoms with E-state index in [1.807, 2.05) is 60.8 Å². The molecule has 0 fully saturated rings. The van der Waals surface area contributed by atoms with Gasteiger partial charge in [0.15, 0.2) is 11.4 Å². The zero-order valence-corrected chi connectivity index (χ0v) is 33.1. The summed E-state index contributed by atoms with van der Waals surface area (Å²) in [5.41, 5.74) is 9.43. The molecular weight excluding hydrogens is 701 g/mol. The molecule has 0 amide bonds. The van der Waals surface area contributed by atoms with E-state index in [4.69, 9.17) is 19.4 Å². The molecular formula is C51H44N4O2. The van der Waals surface area contributed by atoms with Gasteiger partial charge in [0.1, 0.15) is 28.4 Å². The number of fused-ring (bicyclic) bond motifs is 4. The SMILES string of the molecule is CC(C)(C)c1cc(-c2nc(-c3cc(N(c4ccccn4)c4ccccc4-c4ccccc4)cc4ccccc34)nc3c2oc2ccccc23)c(O)c(C(C)(C)C)c1. The topological polar surface area (TPSA) is 75.3 Å². The third kappa shape index (κ3) is 6.47. The summed E-state index contributed by atoms with van der Waals surface area (Å²) in [4.78, 5) is 17.8. The lowest BCUT2D eigenvalue weighted by Crippen LogP contribution is -2.17. The highest BCUT2D eigenvalue weighted by Crippen LogP contribution is 2.47. The van der Waals surface area contributed by atoms with Crippen molar-refractivity contribution in [3.63, 3.8) is 0 Å². The highest BCUT2D eigenvalue weighted by molar-refractivity contribution is 6.09. The molecule has 280 valence electrons. The summed E-state index contributed by atoms with van der Waals surface area (Å²) < 4.78 is 6.60. The molecule has 9 rings (SSSR count). The van der Waals surface area contributed by atoms with Crippen LogP contribution in [0.25, 0.3) is 66.6 Å². The summed E-state index contributed by atoms with van der Waals surface area (Å²) in [5, 5.41) is 15.1. The van der Waals surface area contributed by atoms with E-state index in [0.717, 1.165) is 61.2 Å². The maximum absolute atomic E-state index is 12.2. The van der Waals surface area contributed by atoms with Gasteiger partial charge in [-0.05, 0) is 81.3 Å². The lowest BCUT2D eigenvalue weighted by atomic mass is 9.78. The summed E-state index contributed by atoms with van der Waals surface area (Å²) in [6.07, 6.45) is 1.83. The van der Waals surface area contributed by atoms with Gasteiger partial charge in [0.2, 0.25) is 0 Å². The molecule has 6 aromatic carbocycles. The van der Waals surface area contributed by atoms with Crippen molar-refractivity contribution in [2.24, 2.45) is 0 Å². The van der Waals surface area contributed by atoms with Gasteiger partial charge in [-0.1, -0.05) is 139 Å². The van der Waals surface area contributed by atoms with Gasteiger partial charge in [-0.25, -0.2) is 15.0 Å². The number of anilines is 3. The van der Waals surface area contributed by atoms with Crippen LogP contribution in [-0.2, 0) is 10.8 Å². The van der Waals surface area contributed by atoms with Gasteiger partial charge < -0.3 is 9.52 Å². The number of pyridine rings is 1. The van der Waals surface area contributed by atoms with Crippen molar-refractivity contribution in [3.8, 4) is 39.5 Å². The van der Waals surface area contributed by atoms with E-state index < -0.39 is 0 Å². The van der Waals surface area contributed by atoms with Crippen LogP contribution in [0.15, 0.2) is 156 Å². The number of nitrogens with zero attached hydrogens (tertiary/aromatic N) is 4. The molecule has 0 saturated heterocycles. The smallest absolute Gasteiger partial charge is 0.180 e. The quantitative estimate of drug-likeness (QED) is 0.183. The second-order valence-corrected chi connectivity index (χ2v) is 16.7. The summed E-state index contributed by atoms with van der Waals surface area (Å²) >= 11 is 0. The lowest BCUT2D eigenvalue weighted by Gasteiger charge is -2.28. The second-order valence-electron chi connectivity index (χ2n) is 16.7. The molecule has 0 spiro atoms. The van der Waals surface area contributed by atoms with Crippen LogP contribution in [0.4, 0.5) is 17.2 Å². The first-order valence-electron chi connectivity index (χ1n) is 19.4. The molecule has 0 unspecified atom stereocenters. The Morgan fingerprint density at radius 2 is 1.30 bits per heavy atom. The summed E-state index contributed by atoms with van der Waals surface area (Å²) in [5.74, 6) is 1.50. The number of phenols is 1. The van der Waals surface area contributed by atoms with Crippen LogP contribution in [-0.4, -0.2) is 20.1 Å². The standard InChI is InChI=1S/C51H44N4O2/c1-50(2,3)34-29-40(47(56)41(30-34)51(4,5)6)46-48-45(38-23-13-15-25-43(38)57-48)53-49(54-46)39-31-35(28-33-20-10-11-21-36(33)39)55(44-26-16-17-27-52-44)42-24-14-12-22-37(42)32-18-8-7-9-19-32/h7-31,56H,1-6H3. The van der Waals surface area contributed by atoms with Crippen molar-refractivity contribution in [3.05, 3.63) is 163 Å². The predicted molar refractivity (Wildman–Crippen MR) is 235 cm³/mol. The third-order valence-electron chi connectivity index (χ3n) is 10.7. The number of hydrogen-bond donors (Lipinski definition) is 1. The van der Waals surface area contributed by atoms with E-state index in [9.17, 15) is 5.11 Å². The highest BCUT2D eigenvalue weighted by atomic mass is 16.3. The van der Waals surface area contributed by atoms with Gasteiger partial charge in [0, 0.05) is 39.5 Å². The zero-order valence-electron chi connectivity index (χ0n) is 33.1. The van der Waals surface area contributed by atoms with Crippen LogP contribution in [0.1, 0.15) is 52.7 Å². The molecule has 6 heteroatoms. The number of benzene rings is 6. The molecule has 0 saturated carbocycles. The van der Waals surface area contributed by atoms with Gasteiger partial charge in [-0.15, -0.1) is 0 Å². The minimum Gasteiger partial charge on any atom is -0.507 e. The van der Waals surface area contributed by atoms with Gasteiger partial charge in [0.05, 0.1) is 5.69 Å². The molecule has 9 aromatic rings. The van der Waals surface area contributed by atoms with Gasteiger partial charge >= 0.3 is 0 Å². The maximum Gasteiger partial charge on any atom is 0.180 e. The van der Waals surface area contributed by atoms with Crippen LogP contribution in [0.2, 0.25) is 0 Å². The minimum atomic E-state index is -0.335. The van der Waals surface area contributed by atoms with Crippen molar-refractivity contribution in [1.82, 2.24) is 15.0 Å². The molecule has 0 radical (unpaired) electrons. The fourth-order valence-corrected chi connectivity index (χ4v) is 7.73.